The van der Waals surface area contributed by atoms with Crippen LogP contribution in [0, 0.1) is 0 Å². The summed E-state index contributed by atoms with van der Waals surface area (Å²) in [6.45, 7) is -0.575. The molecular formula is C38H64O28. The maximum Gasteiger partial charge on any atom is 0.187 e. The Morgan fingerprint density at radius 3 is 0.530 bits per heavy atom. The summed E-state index contributed by atoms with van der Waals surface area (Å²) in [6.07, 6.45) is -54.3. The summed E-state index contributed by atoms with van der Waals surface area (Å²) in [6, 6.07) is 0. The fourth-order valence-corrected chi connectivity index (χ4v) is 9.29. The van der Waals surface area contributed by atoms with Gasteiger partial charge < -0.3 is 139 Å². The Bertz CT molecular complexity index is 1230. The summed E-state index contributed by atoms with van der Waals surface area (Å²) in [5, 5.41) is 176. The molecule has 0 aromatic heterocycles. The van der Waals surface area contributed by atoms with Crippen molar-refractivity contribution in [1.29, 1.82) is 0 Å². The highest BCUT2D eigenvalue weighted by Crippen LogP contribution is 2.38. The predicted octanol–water partition coefficient (Wildman–Crippen LogP) is -10.2. The molecule has 0 spiro atoms. The topological polar surface area (TPSA) is 434 Å². The van der Waals surface area contributed by atoms with Gasteiger partial charge >= 0.3 is 0 Å². The van der Waals surface area contributed by atoms with Crippen LogP contribution in [0.1, 0.15) is 26.7 Å². The van der Waals surface area contributed by atoms with Gasteiger partial charge in [-0.15, -0.1) is 0 Å². The van der Waals surface area contributed by atoms with Gasteiger partial charge in [0, 0.05) is 0 Å². The molecule has 30 atom stereocenters. The van der Waals surface area contributed by atoms with E-state index in [4.69, 9.17) is 56.8 Å². The zero-order valence-corrected chi connectivity index (χ0v) is 35.6. The number of hydrogen-bond donors (Lipinski definition) is 16. The molecule has 22 heterocycles. The van der Waals surface area contributed by atoms with Crippen LogP contribution in [0.15, 0.2) is 0 Å². The van der Waals surface area contributed by atoms with Gasteiger partial charge in [-0.2, -0.15) is 0 Å². The largest absolute Gasteiger partial charge is 0.394 e. The van der Waals surface area contributed by atoms with Crippen molar-refractivity contribution in [2.75, 3.05) is 26.4 Å². The highest BCUT2D eigenvalue weighted by atomic mass is 16.8. The van der Waals surface area contributed by atoms with Crippen molar-refractivity contribution in [2.45, 2.75) is 211 Å². The molecule has 12 bridgehead atoms. The summed E-state index contributed by atoms with van der Waals surface area (Å²) in [5.41, 5.74) is 0. The van der Waals surface area contributed by atoms with E-state index in [0.29, 0.717) is 0 Å². The van der Waals surface area contributed by atoms with Crippen LogP contribution in [-0.2, 0) is 56.8 Å². The molecule has 66 heavy (non-hydrogen) atoms. The van der Waals surface area contributed by atoms with Gasteiger partial charge in [-0.3, -0.25) is 0 Å². The van der Waals surface area contributed by atoms with E-state index in [9.17, 15) is 81.7 Å². The fourth-order valence-electron chi connectivity index (χ4n) is 9.29. The van der Waals surface area contributed by atoms with E-state index in [1.54, 1.807) is 13.8 Å². The number of rotatable bonds is 6. The second-order valence-electron chi connectivity index (χ2n) is 17.3. The maximum atomic E-state index is 11.3. The van der Waals surface area contributed by atoms with Gasteiger partial charge in [0.2, 0.25) is 0 Å². The second-order valence-corrected chi connectivity index (χ2v) is 17.3. The first-order chi connectivity index (χ1) is 31.4. The molecular weight excluding hydrogens is 904 g/mol. The van der Waals surface area contributed by atoms with Crippen molar-refractivity contribution in [1.82, 2.24) is 0 Å². The van der Waals surface area contributed by atoms with Crippen LogP contribution in [0.2, 0.25) is 0 Å². The Hall–Kier alpha value is -1.12. The lowest BCUT2D eigenvalue weighted by Crippen LogP contribution is -2.68. The maximum absolute atomic E-state index is 11.3. The van der Waals surface area contributed by atoms with Gasteiger partial charge in [0.25, 0.3) is 0 Å². The van der Waals surface area contributed by atoms with Crippen molar-refractivity contribution in [3.63, 3.8) is 0 Å². The highest BCUT2D eigenvalue weighted by molar-refractivity contribution is 5.00. The molecule has 0 aromatic rings. The summed E-state index contributed by atoms with van der Waals surface area (Å²) in [5.74, 6) is 0. The van der Waals surface area contributed by atoms with E-state index in [1.165, 1.54) is 0 Å². The third-order valence-electron chi connectivity index (χ3n) is 13.1. The van der Waals surface area contributed by atoms with Crippen molar-refractivity contribution < 1.29 is 139 Å². The third kappa shape index (κ3) is 10.0. The van der Waals surface area contributed by atoms with Crippen LogP contribution in [0.4, 0.5) is 0 Å². The first-order valence-electron chi connectivity index (χ1n) is 21.9. The number of aliphatic hydroxyl groups excluding tert-OH is 16. The Morgan fingerprint density at radius 2 is 0.379 bits per heavy atom. The molecule has 22 rings (SSSR count). The monoisotopic (exact) mass is 968 g/mol. The Balaban J connectivity index is 1.19. The highest BCUT2D eigenvalue weighted by Gasteiger charge is 2.58. The third-order valence-corrected chi connectivity index (χ3v) is 13.1. The summed E-state index contributed by atoms with van der Waals surface area (Å²) < 4.78 is 69.5. The van der Waals surface area contributed by atoms with Crippen molar-refractivity contribution in [2.24, 2.45) is 0 Å². The Kier molecular flexibility index (Phi) is 17.7. The van der Waals surface area contributed by atoms with Gasteiger partial charge in [0.15, 0.2) is 37.7 Å². The summed E-state index contributed by atoms with van der Waals surface area (Å²) in [4.78, 5) is 0. The van der Waals surface area contributed by atoms with E-state index in [0.717, 1.165) is 0 Å². The minimum Gasteiger partial charge on any atom is -0.394 e. The summed E-state index contributed by atoms with van der Waals surface area (Å²) >= 11 is 0. The molecule has 28 nitrogen and oxygen atoms in total. The van der Waals surface area contributed by atoms with Gasteiger partial charge in [0.05, 0.1) is 38.6 Å². The molecule has 22 aliphatic rings. The van der Waals surface area contributed by atoms with Crippen LogP contribution in [0.5, 0.6) is 0 Å². The molecule has 30 unspecified atom stereocenters. The van der Waals surface area contributed by atoms with Gasteiger partial charge in [0.1, 0.15) is 134 Å². The van der Waals surface area contributed by atoms with Crippen LogP contribution in [-0.4, -0.2) is 292 Å². The average molecular weight is 969 g/mol. The number of aliphatic hydroxyl groups is 16. The molecule has 0 radical (unpaired) electrons. The summed E-state index contributed by atoms with van der Waals surface area (Å²) in [7, 11) is 0. The fraction of sp³-hybridized carbons (Fsp3) is 1.00. The number of hydrogen-bond acceptors (Lipinski definition) is 28. The van der Waals surface area contributed by atoms with Crippen LogP contribution < -0.4 is 0 Å². The van der Waals surface area contributed by atoms with Gasteiger partial charge in [-0.25, -0.2) is 0 Å². The minimum atomic E-state index is -2.07. The van der Waals surface area contributed by atoms with Crippen molar-refractivity contribution in [3.05, 3.63) is 0 Å². The molecule has 0 aliphatic carbocycles. The molecule has 22 saturated heterocycles. The average Bonchev–Trinajstić information content (AvgIpc) is 3.31. The standard InChI is InChI=1S/C38H64O28/c1-3-9-27-15(43)21(49)33(55-9)63-29-11(5-39)59-37(25(53)19(29)47)66-32-14(8-42)58-36(24(52)18(32)46)62-28-10(4-2)56-34(22(50)16(28)44)64-30-12(6-40)60-38(26(54)20(30)48)65-31-13(7-41)57-35(61-27)23(51)17(31)45/h9-54H,3-8H2,1-2H3. The first-order valence-corrected chi connectivity index (χ1v) is 21.9. The lowest BCUT2D eigenvalue weighted by molar-refractivity contribution is -0.403. The minimum absolute atomic E-state index is 0.0122. The molecule has 22 fully saturated rings. The SMILES string of the molecule is CCC1OC2OC3C(CO)OC(OC4C(CO)OC(OC5C(CC)OC(OC6C(CO)OC(OC7C(CO)OC(OC1C(O)C2O)C(O)C7O)C(O)C6O)C(O)C5O)C(O)C4O)C(O)C3O. The van der Waals surface area contributed by atoms with Crippen LogP contribution >= 0.6 is 0 Å². The molecule has 0 saturated carbocycles. The zero-order valence-electron chi connectivity index (χ0n) is 35.6. The van der Waals surface area contributed by atoms with Crippen molar-refractivity contribution in [3.8, 4) is 0 Å². The molecule has 0 aromatic carbocycles. The van der Waals surface area contributed by atoms with Crippen LogP contribution in [0.25, 0.3) is 0 Å². The Morgan fingerprint density at radius 1 is 0.227 bits per heavy atom. The Labute approximate surface area is 375 Å². The second kappa shape index (κ2) is 22.1. The first kappa shape index (κ1) is 52.7. The van der Waals surface area contributed by atoms with Gasteiger partial charge in [-0.05, 0) is 12.8 Å². The van der Waals surface area contributed by atoms with E-state index in [1.807, 2.05) is 0 Å². The molecule has 28 heteroatoms. The van der Waals surface area contributed by atoms with E-state index in [2.05, 4.69) is 0 Å². The number of ether oxygens (including phenoxy) is 12. The molecule has 16 N–H and O–H groups in total. The quantitative estimate of drug-likeness (QED) is 0.117. The van der Waals surface area contributed by atoms with Crippen molar-refractivity contribution >= 4 is 0 Å². The van der Waals surface area contributed by atoms with E-state index >= 15 is 0 Å². The lowest BCUT2D eigenvalue weighted by atomic mass is 9.94. The van der Waals surface area contributed by atoms with Crippen LogP contribution in [0.3, 0.4) is 0 Å². The normalized spacial score (nSPS) is 55.4. The molecule has 384 valence electrons. The predicted molar refractivity (Wildman–Crippen MR) is 202 cm³/mol. The smallest absolute Gasteiger partial charge is 0.187 e. The lowest BCUT2D eigenvalue weighted by Gasteiger charge is -2.50. The van der Waals surface area contributed by atoms with E-state index in [-0.39, 0.29) is 12.8 Å². The molecule has 22 aliphatic heterocycles. The van der Waals surface area contributed by atoms with Gasteiger partial charge in [-0.1, -0.05) is 13.8 Å². The zero-order chi connectivity index (χ0) is 48.0. The molecule has 0 amide bonds. The van der Waals surface area contributed by atoms with E-state index < -0.39 is 211 Å².